The van der Waals surface area contributed by atoms with Crippen molar-refractivity contribution in [2.45, 2.75) is 55.0 Å². The van der Waals surface area contributed by atoms with Gasteiger partial charge in [-0.2, -0.15) is 5.26 Å². The van der Waals surface area contributed by atoms with E-state index in [0.29, 0.717) is 10.6 Å². The van der Waals surface area contributed by atoms with Crippen LogP contribution >= 0.6 is 45.8 Å². The molecule has 3 aromatic rings. The maximum atomic E-state index is 12.8. The highest BCUT2D eigenvalue weighted by atomic mass is 32.2. The molecule has 162 valence electrons. The predicted molar refractivity (Wildman–Crippen MR) is 131 cm³/mol. The van der Waals surface area contributed by atoms with Crippen LogP contribution in [-0.4, -0.2) is 27.9 Å². The van der Waals surface area contributed by atoms with Crippen molar-refractivity contribution < 1.29 is 4.79 Å². The molecule has 4 rings (SSSR count). The smallest absolute Gasteiger partial charge is 0.238 e. The zero-order valence-corrected chi connectivity index (χ0v) is 20.4. The highest BCUT2D eigenvalue weighted by molar-refractivity contribution is 8.02. The molecule has 0 saturated heterocycles. The molecular weight excluding hydrogens is 467 g/mol. The monoisotopic (exact) mass is 489 g/mol. The SMILES string of the molecule is CC(Sc1nnc(NCCc2cccs2)s1)C(=O)Nc1sc2c(c1C#N)CCCCC2. The first-order valence-electron chi connectivity index (χ1n) is 10.3. The number of amides is 1. The Morgan fingerprint density at radius 2 is 2.16 bits per heavy atom. The van der Waals surface area contributed by atoms with Gasteiger partial charge < -0.3 is 10.6 Å². The van der Waals surface area contributed by atoms with Crippen molar-refractivity contribution in [3.8, 4) is 6.07 Å². The molecule has 1 amide bonds. The van der Waals surface area contributed by atoms with Crippen LogP contribution < -0.4 is 10.6 Å². The highest BCUT2D eigenvalue weighted by Gasteiger charge is 2.23. The van der Waals surface area contributed by atoms with Crippen LogP contribution in [0, 0.1) is 11.3 Å². The summed E-state index contributed by atoms with van der Waals surface area (Å²) in [6.45, 7) is 2.66. The Hall–Kier alpha value is -1.93. The third kappa shape index (κ3) is 5.66. The second kappa shape index (κ2) is 10.6. The van der Waals surface area contributed by atoms with Crippen LogP contribution in [-0.2, 0) is 24.1 Å². The van der Waals surface area contributed by atoms with E-state index in [9.17, 15) is 10.1 Å². The molecule has 2 N–H and O–H groups in total. The molecule has 0 saturated carbocycles. The molecule has 1 aliphatic rings. The largest absolute Gasteiger partial charge is 0.360 e. The first-order chi connectivity index (χ1) is 15.1. The minimum Gasteiger partial charge on any atom is -0.360 e. The first kappa shape index (κ1) is 22.3. The number of thiophene rings is 2. The quantitative estimate of drug-likeness (QED) is 0.317. The van der Waals surface area contributed by atoms with E-state index >= 15 is 0 Å². The second-order valence-corrected chi connectivity index (χ2v) is 12.0. The van der Waals surface area contributed by atoms with Gasteiger partial charge >= 0.3 is 0 Å². The predicted octanol–water partition coefficient (Wildman–Crippen LogP) is 5.58. The maximum Gasteiger partial charge on any atom is 0.238 e. The van der Waals surface area contributed by atoms with E-state index in [1.165, 1.54) is 39.3 Å². The molecule has 0 spiro atoms. The Labute approximate surface area is 198 Å². The number of aryl methyl sites for hydroxylation is 1. The van der Waals surface area contributed by atoms with Crippen molar-refractivity contribution in [3.63, 3.8) is 0 Å². The highest BCUT2D eigenvalue weighted by Crippen LogP contribution is 2.37. The number of thioether (sulfide) groups is 1. The number of nitrogens with one attached hydrogen (secondary N) is 2. The van der Waals surface area contributed by atoms with Crippen LogP contribution in [0.4, 0.5) is 10.1 Å². The molecule has 31 heavy (non-hydrogen) atoms. The summed E-state index contributed by atoms with van der Waals surface area (Å²) in [5.74, 6) is -0.111. The molecular formula is C21H23N5OS4. The summed E-state index contributed by atoms with van der Waals surface area (Å²) < 4.78 is 0.753. The van der Waals surface area contributed by atoms with E-state index in [1.54, 1.807) is 22.7 Å². The van der Waals surface area contributed by atoms with Crippen molar-refractivity contribution in [2.75, 3.05) is 17.2 Å². The van der Waals surface area contributed by atoms with E-state index in [2.05, 4.69) is 44.4 Å². The van der Waals surface area contributed by atoms with Crippen molar-refractivity contribution >= 4 is 61.8 Å². The fourth-order valence-corrected chi connectivity index (χ4v) is 7.32. The van der Waals surface area contributed by atoms with Gasteiger partial charge in [-0.25, -0.2) is 0 Å². The van der Waals surface area contributed by atoms with Gasteiger partial charge in [-0.3, -0.25) is 4.79 Å². The number of anilines is 2. The molecule has 0 aliphatic heterocycles. The summed E-state index contributed by atoms with van der Waals surface area (Å²) in [4.78, 5) is 15.4. The van der Waals surface area contributed by atoms with Gasteiger partial charge in [0, 0.05) is 16.3 Å². The number of nitrogens with zero attached hydrogens (tertiary/aromatic N) is 3. The van der Waals surface area contributed by atoms with E-state index in [-0.39, 0.29) is 11.2 Å². The Kier molecular flexibility index (Phi) is 7.61. The average Bonchev–Trinajstić information content (AvgIpc) is 3.46. The molecule has 0 radical (unpaired) electrons. The minimum atomic E-state index is -0.333. The topological polar surface area (TPSA) is 90.7 Å². The van der Waals surface area contributed by atoms with Gasteiger partial charge in [0.15, 0.2) is 4.34 Å². The van der Waals surface area contributed by atoms with Gasteiger partial charge in [0.05, 0.1) is 10.8 Å². The van der Waals surface area contributed by atoms with E-state index in [4.69, 9.17) is 0 Å². The molecule has 10 heteroatoms. The van der Waals surface area contributed by atoms with Crippen LogP contribution in [0.3, 0.4) is 0 Å². The van der Waals surface area contributed by atoms with Crippen molar-refractivity contribution in [1.82, 2.24) is 10.2 Å². The normalized spacial score (nSPS) is 14.3. The van der Waals surface area contributed by atoms with Crippen LogP contribution in [0.1, 0.15) is 47.1 Å². The fourth-order valence-electron chi connectivity index (χ4n) is 3.44. The van der Waals surface area contributed by atoms with Gasteiger partial charge in [0.25, 0.3) is 0 Å². The van der Waals surface area contributed by atoms with Crippen molar-refractivity contribution in [3.05, 3.63) is 38.4 Å². The summed E-state index contributed by atoms with van der Waals surface area (Å²) in [6.07, 6.45) is 6.35. The number of aromatic nitrogens is 2. The van der Waals surface area contributed by atoms with Gasteiger partial charge in [-0.1, -0.05) is 35.6 Å². The third-order valence-electron chi connectivity index (χ3n) is 5.05. The molecule has 1 atom stereocenters. The molecule has 6 nitrogen and oxygen atoms in total. The summed E-state index contributed by atoms with van der Waals surface area (Å²) in [5, 5.41) is 27.5. The van der Waals surface area contributed by atoms with E-state index in [0.717, 1.165) is 53.7 Å². The number of hydrogen-bond acceptors (Lipinski definition) is 9. The zero-order chi connectivity index (χ0) is 21.6. The minimum absolute atomic E-state index is 0.111. The maximum absolute atomic E-state index is 12.8. The lowest BCUT2D eigenvalue weighted by Gasteiger charge is -2.09. The summed E-state index contributed by atoms with van der Waals surface area (Å²) >= 11 is 6.16. The Morgan fingerprint density at radius 3 is 2.97 bits per heavy atom. The molecule has 3 heterocycles. The Bertz CT molecular complexity index is 1070. The van der Waals surface area contributed by atoms with Crippen LogP contribution in [0.25, 0.3) is 0 Å². The van der Waals surface area contributed by atoms with Gasteiger partial charge in [-0.05, 0) is 56.0 Å². The van der Waals surface area contributed by atoms with E-state index in [1.807, 2.05) is 6.92 Å². The molecule has 1 unspecified atom stereocenters. The van der Waals surface area contributed by atoms with Crippen molar-refractivity contribution in [2.24, 2.45) is 0 Å². The summed E-state index contributed by atoms with van der Waals surface area (Å²) in [5.41, 5.74) is 1.79. The lowest BCUT2D eigenvalue weighted by atomic mass is 10.1. The summed E-state index contributed by atoms with van der Waals surface area (Å²) in [7, 11) is 0. The zero-order valence-electron chi connectivity index (χ0n) is 17.1. The third-order valence-corrected chi connectivity index (χ3v) is 9.26. The number of carbonyl (C=O) groups excluding carboxylic acids is 1. The van der Waals surface area contributed by atoms with Crippen LogP contribution in [0.5, 0.6) is 0 Å². The van der Waals surface area contributed by atoms with Crippen molar-refractivity contribution in [1.29, 1.82) is 5.26 Å². The standard InChI is InChI=1S/C21H23N5OS4/c1-13(29-21-26-25-20(31-21)23-10-9-14-6-5-11-28-14)18(27)24-19-16(12-22)15-7-3-2-4-8-17(15)30-19/h5-6,11,13H,2-4,7-10H2,1H3,(H,23,25)(H,24,27). The first-order valence-corrected chi connectivity index (χ1v) is 13.6. The number of rotatable bonds is 8. The Morgan fingerprint density at radius 1 is 1.29 bits per heavy atom. The van der Waals surface area contributed by atoms with Gasteiger partial charge in [0.2, 0.25) is 11.0 Å². The number of carbonyl (C=O) groups is 1. The number of nitriles is 1. The molecule has 0 aromatic carbocycles. The molecule has 0 bridgehead atoms. The van der Waals surface area contributed by atoms with Gasteiger partial charge in [0.1, 0.15) is 11.1 Å². The number of fused-ring (bicyclic) bond motifs is 1. The number of hydrogen-bond donors (Lipinski definition) is 2. The second-order valence-electron chi connectivity index (χ2n) is 7.26. The Balaban J connectivity index is 1.32. The fraction of sp³-hybridized carbons (Fsp3) is 0.429. The van der Waals surface area contributed by atoms with E-state index < -0.39 is 0 Å². The average molecular weight is 490 g/mol. The van der Waals surface area contributed by atoms with Gasteiger partial charge in [-0.15, -0.1) is 32.9 Å². The van der Waals surface area contributed by atoms with Crippen LogP contribution in [0.15, 0.2) is 21.9 Å². The lowest BCUT2D eigenvalue weighted by molar-refractivity contribution is -0.115. The molecule has 3 aromatic heterocycles. The molecule has 1 aliphatic carbocycles. The lowest BCUT2D eigenvalue weighted by Crippen LogP contribution is -2.22. The van der Waals surface area contributed by atoms with Crippen LogP contribution in [0.2, 0.25) is 0 Å². The summed E-state index contributed by atoms with van der Waals surface area (Å²) in [6, 6.07) is 6.50. The molecule has 0 fully saturated rings.